The number of aromatic nitrogens is 3. The summed E-state index contributed by atoms with van der Waals surface area (Å²) in [5.74, 6) is 0.376. The third kappa shape index (κ3) is 2.94. The zero-order valence-electron chi connectivity index (χ0n) is 16.0. The van der Waals surface area contributed by atoms with Gasteiger partial charge in [-0.1, -0.05) is 6.07 Å². The van der Waals surface area contributed by atoms with Gasteiger partial charge in [0.25, 0.3) is 5.56 Å². The molecule has 1 aliphatic rings. The second-order valence-electron chi connectivity index (χ2n) is 7.22. The molecule has 0 fully saturated rings. The first-order chi connectivity index (χ1) is 13.3. The standard InChI is InChI=1S/C21H21N5O2/c1-12(2)26-11-14(5-7-18(26)27)20-21(22)23-10-16(24-20)13-4-6-17-15(8-13)9-19(28)25(17)3/h4-8,10-12H,9H2,1-3H3,(H2,22,23). The Balaban J connectivity index is 1.79. The maximum Gasteiger partial charge on any atom is 0.250 e. The van der Waals surface area contributed by atoms with Gasteiger partial charge in [-0.25, -0.2) is 9.97 Å². The lowest BCUT2D eigenvalue weighted by atomic mass is 10.1. The van der Waals surface area contributed by atoms with Gasteiger partial charge >= 0.3 is 0 Å². The Morgan fingerprint density at radius 3 is 2.61 bits per heavy atom. The van der Waals surface area contributed by atoms with Crippen LogP contribution in [0, 0.1) is 0 Å². The SMILES string of the molecule is CC(C)n1cc(-c2nc(-c3ccc4c(c3)CC(=O)N4C)cnc2N)ccc1=O. The van der Waals surface area contributed by atoms with Crippen LogP contribution in [0.15, 0.2) is 47.5 Å². The van der Waals surface area contributed by atoms with Crippen LogP contribution in [0.3, 0.4) is 0 Å². The maximum absolute atomic E-state index is 12.0. The number of pyridine rings is 1. The van der Waals surface area contributed by atoms with Gasteiger partial charge in [-0.2, -0.15) is 0 Å². The predicted molar refractivity (Wildman–Crippen MR) is 109 cm³/mol. The van der Waals surface area contributed by atoms with Crippen molar-refractivity contribution < 1.29 is 4.79 Å². The topological polar surface area (TPSA) is 94.1 Å². The number of nitrogens with zero attached hydrogens (tertiary/aromatic N) is 4. The van der Waals surface area contributed by atoms with Crippen LogP contribution >= 0.6 is 0 Å². The normalized spacial score (nSPS) is 13.3. The van der Waals surface area contributed by atoms with Crippen molar-refractivity contribution in [2.24, 2.45) is 0 Å². The minimum Gasteiger partial charge on any atom is -0.382 e. The maximum atomic E-state index is 12.0. The third-order valence-corrected chi connectivity index (χ3v) is 5.02. The first kappa shape index (κ1) is 17.9. The molecule has 7 nitrogen and oxygen atoms in total. The van der Waals surface area contributed by atoms with Gasteiger partial charge in [-0.3, -0.25) is 9.59 Å². The van der Waals surface area contributed by atoms with Crippen molar-refractivity contribution >= 4 is 17.4 Å². The minimum absolute atomic E-state index is 0.0241. The summed E-state index contributed by atoms with van der Waals surface area (Å²) in [6.07, 6.45) is 3.77. The number of hydrogen-bond donors (Lipinski definition) is 1. The highest BCUT2D eigenvalue weighted by Crippen LogP contribution is 2.32. The number of fused-ring (bicyclic) bond motifs is 1. The summed E-state index contributed by atoms with van der Waals surface area (Å²) in [6, 6.07) is 9.06. The van der Waals surface area contributed by atoms with Gasteiger partial charge in [-0.15, -0.1) is 0 Å². The molecule has 0 atom stereocenters. The molecule has 1 aromatic carbocycles. The Morgan fingerprint density at radius 1 is 1.11 bits per heavy atom. The number of nitrogens with two attached hydrogens (primary N) is 1. The summed E-state index contributed by atoms with van der Waals surface area (Å²) in [6.45, 7) is 3.89. The van der Waals surface area contributed by atoms with Gasteiger partial charge in [-0.05, 0) is 37.6 Å². The number of carbonyl (C=O) groups excluding carboxylic acids is 1. The molecule has 3 heterocycles. The van der Waals surface area contributed by atoms with E-state index in [-0.39, 0.29) is 17.5 Å². The number of anilines is 2. The Morgan fingerprint density at radius 2 is 1.86 bits per heavy atom. The lowest BCUT2D eigenvalue weighted by Gasteiger charge is -2.13. The lowest BCUT2D eigenvalue weighted by molar-refractivity contribution is -0.117. The summed E-state index contributed by atoms with van der Waals surface area (Å²) >= 11 is 0. The Labute approximate surface area is 162 Å². The lowest BCUT2D eigenvalue weighted by Crippen LogP contribution is -2.20. The number of hydrogen-bond acceptors (Lipinski definition) is 5. The summed E-state index contributed by atoms with van der Waals surface area (Å²) in [7, 11) is 1.78. The Bertz CT molecular complexity index is 1150. The van der Waals surface area contributed by atoms with Crippen LogP contribution in [-0.4, -0.2) is 27.5 Å². The molecule has 0 spiro atoms. The molecule has 0 unspecified atom stereocenters. The molecule has 0 aliphatic carbocycles. The largest absolute Gasteiger partial charge is 0.382 e. The molecule has 1 aliphatic heterocycles. The van der Waals surface area contributed by atoms with Crippen molar-refractivity contribution in [2.45, 2.75) is 26.3 Å². The van der Waals surface area contributed by atoms with E-state index in [0.29, 0.717) is 23.6 Å². The number of likely N-dealkylation sites (N-methyl/N-ethyl adjacent to an activating group) is 1. The van der Waals surface area contributed by atoms with Crippen LogP contribution in [0.5, 0.6) is 0 Å². The van der Waals surface area contributed by atoms with Crippen molar-refractivity contribution in [2.75, 3.05) is 17.7 Å². The molecule has 0 saturated heterocycles. The molecular weight excluding hydrogens is 354 g/mol. The van der Waals surface area contributed by atoms with Gasteiger partial charge in [0.05, 0.1) is 18.3 Å². The molecule has 3 aromatic rings. The molecule has 4 rings (SSSR count). The van der Waals surface area contributed by atoms with E-state index in [1.807, 2.05) is 32.0 Å². The second-order valence-corrected chi connectivity index (χ2v) is 7.22. The van der Waals surface area contributed by atoms with E-state index in [2.05, 4.69) is 4.98 Å². The van der Waals surface area contributed by atoms with Crippen molar-refractivity contribution in [1.82, 2.24) is 14.5 Å². The molecule has 28 heavy (non-hydrogen) atoms. The molecule has 2 aromatic heterocycles. The first-order valence-electron chi connectivity index (χ1n) is 9.10. The highest BCUT2D eigenvalue weighted by molar-refractivity contribution is 6.01. The molecular formula is C21H21N5O2. The fourth-order valence-corrected chi connectivity index (χ4v) is 3.43. The van der Waals surface area contributed by atoms with Crippen LogP contribution in [0.25, 0.3) is 22.5 Å². The molecule has 2 N–H and O–H groups in total. The fourth-order valence-electron chi connectivity index (χ4n) is 3.43. The monoisotopic (exact) mass is 375 g/mol. The molecule has 142 valence electrons. The van der Waals surface area contributed by atoms with Gasteiger partial charge in [0.1, 0.15) is 11.5 Å². The molecule has 0 bridgehead atoms. The van der Waals surface area contributed by atoms with E-state index in [1.54, 1.807) is 35.0 Å². The number of carbonyl (C=O) groups is 1. The van der Waals surface area contributed by atoms with Crippen molar-refractivity contribution in [3.8, 4) is 22.5 Å². The molecule has 1 amide bonds. The van der Waals surface area contributed by atoms with Gasteiger partial charge in [0.2, 0.25) is 5.91 Å². The summed E-state index contributed by atoms with van der Waals surface area (Å²) in [5, 5.41) is 0. The van der Waals surface area contributed by atoms with E-state index in [0.717, 1.165) is 22.4 Å². The first-order valence-corrected chi connectivity index (χ1v) is 9.10. The van der Waals surface area contributed by atoms with Crippen LogP contribution in [0.1, 0.15) is 25.5 Å². The van der Waals surface area contributed by atoms with Crippen LogP contribution < -0.4 is 16.2 Å². The van der Waals surface area contributed by atoms with E-state index < -0.39 is 0 Å². The Kier molecular flexibility index (Phi) is 4.22. The predicted octanol–water partition coefficient (Wildman–Crippen LogP) is 2.65. The van der Waals surface area contributed by atoms with Crippen molar-refractivity contribution in [3.05, 3.63) is 58.6 Å². The average molecular weight is 375 g/mol. The quantitative estimate of drug-likeness (QED) is 0.759. The molecule has 0 radical (unpaired) electrons. The smallest absolute Gasteiger partial charge is 0.250 e. The van der Waals surface area contributed by atoms with Crippen LogP contribution in [-0.2, 0) is 11.2 Å². The second kappa shape index (κ2) is 6.60. The van der Waals surface area contributed by atoms with Gasteiger partial charge in [0.15, 0.2) is 0 Å². The number of rotatable bonds is 3. The van der Waals surface area contributed by atoms with Crippen molar-refractivity contribution in [3.63, 3.8) is 0 Å². The summed E-state index contributed by atoms with van der Waals surface area (Å²) < 4.78 is 1.64. The van der Waals surface area contributed by atoms with Crippen molar-refractivity contribution in [1.29, 1.82) is 0 Å². The molecule has 0 saturated carbocycles. The Hall–Kier alpha value is -3.48. The van der Waals surface area contributed by atoms with Crippen LogP contribution in [0.4, 0.5) is 11.5 Å². The van der Waals surface area contributed by atoms with Gasteiger partial charge < -0.3 is 15.2 Å². The third-order valence-electron chi connectivity index (χ3n) is 5.02. The van der Waals surface area contributed by atoms with Crippen LogP contribution in [0.2, 0.25) is 0 Å². The molecule has 7 heteroatoms. The fraction of sp³-hybridized carbons (Fsp3) is 0.238. The minimum atomic E-state index is -0.0751. The van der Waals surface area contributed by atoms with E-state index >= 15 is 0 Å². The number of amides is 1. The zero-order valence-corrected chi connectivity index (χ0v) is 16.0. The number of nitrogen functional groups attached to an aromatic ring is 1. The summed E-state index contributed by atoms with van der Waals surface area (Å²) in [4.78, 5) is 34.6. The van der Waals surface area contributed by atoms with E-state index in [4.69, 9.17) is 10.7 Å². The number of benzene rings is 1. The summed E-state index contributed by atoms with van der Waals surface area (Å²) in [5.41, 5.74) is 10.7. The zero-order chi connectivity index (χ0) is 20.0. The highest BCUT2D eigenvalue weighted by Gasteiger charge is 2.24. The van der Waals surface area contributed by atoms with E-state index in [9.17, 15) is 9.59 Å². The van der Waals surface area contributed by atoms with Gasteiger partial charge in [0, 0.05) is 42.2 Å². The van der Waals surface area contributed by atoms with E-state index in [1.165, 1.54) is 6.07 Å². The highest BCUT2D eigenvalue weighted by atomic mass is 16.2. The average Bonchev–Trinajstić information content (AvgIpc) is 2.96.